The normalized spacial score (nSPS) is 11.8. The second kappa shape index (κ2) is 5.79. The van der Waals surface area contributed by atoms with Crippen molar-refractivity contribution >= 4 is 11.9 Å². The molecule has 1 atom stereocenters. The number of carboxylic acid groups (broad SMARTS) is 1. The Balaban J connectivity index is 2.43. The van der Waals surface area contributed by atoms with Crippen LogP contribution in [0.25, 0.3) is 0 Å². The van der Waals surface area contributed by atoms with Crippen molar-refractivity contribution in [2.24, 2.45) is 0 Å². The summed E-state index contributed by atoms with van der Waals surface area (Å²) in [4.78, 5) is 29.3. The molecule has 6 heteroatoms. The van der Waals surface area contributed by atoms with Crippen molar-refractivity contribution in [2.45, 2.75) is 25.8 Å². The lowest BCUT2D eigenvalue weighted by molar-refractivity contribution is -0.137. The summed E-state index contributed by atoms with van der Waals surface area (Å²) in [6, 6.07) is -0.191. The Hall–Kier alpha value is -1.98. The average molecular weight is 223 g/mol. The van der Waals surface area contributed by atoms with Gasteiger partial charge in [-0.2, -0.15) is 0 Å². The molecule has 1 unspecified atom stereocenters. The van der Waals surface area contributed by atoms with Gasteiger partial charge in [0.15, 0.2) is 0 Å². The highest BCUT2D eigenvalue weighted by molar-refractivity contribution is 5.93. The first-order valence-corrected chi connectivity index (χ1v) is 4.87. The lowest BCUT2D eigenvalue weighted by Crippen LogP contribution is -2.33. The zero-order valence-electron chi connectivity index (χ0n) is 8.88. The number of aromatic nitrogens is 2. The first-order chi connectivity index (χ1) is 7.59. The largest absolute Gasteiger partial charge is 0.481 e. The zero-order chi connectivity index (χ0) is 12.0. The fraction of sp³-hybridized carbons (Fsp3) is 0.400. The van der Waals surface area contributed by atoms with Crippen LogP contribution in [0.5, 0.6) is 0 Å². The minimum absolute atomic E-state index is 0.0345. The van der Waals surface area contributed by atoms with E-state index in [1.165, 1.54) is 18.7 Å². The molecular weight excluding hydrogens is 210 g/mol. The van der Waals surface area contributed by atoms with E-state index in [4.69, 9.17) is 5.11 Å². The Labute approximate surface area is 92.7 Å². The summed E-state index contributed by atoms with van der Waals surface area (Å²) in [6.45, 7) is 1.75. The molecule has 0 aliphatic heterocycles. The Morgan fingerprint density at radius 3 is 2.62 bits per heavy atom. The highest BCUT2D eigenvalue weighted by Gasteiger charge is 2.11. The van der Waals surface area contributed by atoms with Gasteiger partial charge in [-0.05, 0) is 13.3 Å². The fourth-order valence-electron chi connectivity index (χ4n) is 1.14. The molecule has 1 amide bonds. The number of carboxylic acids is 1. The third-order valence-electron chi connectivity index (χ3n) is 1.99. The van der Waals surface area contributed by atoms with E-state index in [1.807, 2.05) is 0 Å². The first kappa shape index (κ1) is 12.1. The Morgan fingerprint density at radius 2 is 2.06 bits per heavy atom. The van der Waals surface area contributed by atoms with Gasteiger partial charge in [0.25, 0.3) is 5.91 Å². The minimum atomic E-state index is -0.871. The predicted molar refractivity (Wildman–Crippen MR) is 55.8 cm³/mol. The molecule has 0 spiro atoms. The molecule has 0 fully saturated rings. The van der Waals surface area contributed by atoms with Crippen LogP contribution in [0.2, 0.25) is 0 Å². The van der Waals surface area contributed by atoms with Crippen molar-refractivity contribution in [2.75, 3.05) is 0 Å². The molecule has 0 bridgehead atoms. The van der Waals surface area contributed by atoms with Crippen LogP contribution >= 0.6 is 0 Å². The summed E-state index contributed by atoms with van der Waals surface area (Å²) in [5.41, 5.74) is 0.365. The van der Waals surface area contributed by atoms with E-state index in [0.717, 1.165) is 0 Å². The first-order valence-electron chi connectivity index (χ1n) is 4.87. The summed E-state index contributed by atoms with van der Waals surface area (Å²) in [7, 11) is 0. The van der Waals surface area contributed by atoms with E-state index in [0.29, 0.717) is 12.0 Å². The smallest absolute Gasteiger partial charge is 0.303 e. The number of hydrogen-bond acceptors (Lipinski definition) is 4. The van der Waals surface area contributed by atoms with E-state index < -0.39 is 5.97 Å². The molecule has 1 heterocycles. The van der Waals surface area contributed by atoms with Crippen LogP contribution in [-0.4, -0.2) is 33.0 Å². The number of rotatable bonds is 5. The lowest BCUT2D eigenvalue weighted by Gasteiger charge is -2.12. The lowest BCUT2D eigenvalue weighted by atomic mass is 10.1. The molecule has 2 N–H and O–H groups in total. The van der Waals surface area contributed by atoms with Gasteiger partial charge in [-0.1, -0.05) is 0 Å². The highest BCUT2D eigenvalue weighted by atomic mass is 16.4. The third-order valence-corrected chi connectivity index (χ3v) is 1.99. The van der Waals surface area contributed by atoms with Gasteiger partial charge < -0.3 is 10.4 Å². The number of amides is 1. The van der Waals surface area contributed by atoms with Crippen molar-refractivity contribution in [1.29, 1.82) is 0 Å². The number of hydrogen-bond donors (Lipinski definition) is 2. The van der Waals surface area contributed by atoms with Crippen LogP contribution in [-0.2, 0) is 4.79 Å². The van der Waals surface area contributed by atoms with Crippen molar-refractivity contribution in [1.82, 2.24) is 15.3 Å². The molecule has 1 rings (SSSR count). The van der Waals surface area contributed by atoms with Crippen LogP contribution < -0.4 is 5.32 Å². The van der Waals surface area contributed by atoms with Gasteiger partial charge in [0.05, 0.1) is 5.56 Å². The van der Waals surface area contributed by atoms with Crippen LogP contribution in [0, 0.1) is 0 Å². The van der Waals surface area contributed by atoms with Gasteiger partial charge in [-0.3, -0.25) is 9.59 Å². The maximum absolute atomic E-state index is 11.6. The number of aliphatic carboxylic acids is 1. The molecule has 0 aromatic carbocycles. The number of nitrogens with zero attached hydrogens (tertiary/aromatic N) is 2. The molecule has 0 aliphatic rings. The van der Waals surface area contributed by atoms with Gasteiger partial charge in [-0.25, -0.2) is 9.97 Å². The van der Waals surface area contributed by atoms with E-state index in [-0.39, 0.29) is 18.4 Å². The molecule has 1 aromatic rings. The highest BCUT2D eigenvalue weighted by Crippen LogP contribution is 1.99. The Bertz CT molecular complexity index is 367. The number of nitrogens with one attached hydrogen (secondary N) is 1. The summed E-state index contributed by atoms with van der Waals surface area (Å²) in [6.07, 6.45) is 4.59. The molecule has 0 radical (unpaired) electrons. The van der Waals surface area contributed by atoms with Crippen molar-refractivity contribution in [3.05, 3.63) is 24.3 Å². The van der Waals surface area contributed by atoms with Crippen LogP contribution in [0.4, 0.5) is 0 Å². The second-order valence-electron chi connectivity index (χ2n) is 3.43. The fourth-order valence-corrected chi connectivity index (χ4v) is 1.14. The van der Waals surface area contributed by atoms with Crippen molar-refractivity contribution < 1.29 is 14.7 Å². The van der Waals surface area contributed by atoms with Gasteiger partial charge in [0.1, 0.15) is 6.33 Å². The molecule has 0 aliphatic carbocycles. The Morgan fingerprint density at radius 1 is 1.44 bits per heavy atom. The topological polar surface area (TPSA) is 92.2 Å². The summed E-state index contributed by atoms with van der Waals surface area (Å²) >= 11 is 0. The summed E-state index contributed by atoms with van der Waals surface area (Å²) < 4.78 is 0. The predicted octanol–water partition coefficient (Wildman–Crippen LogP) is 0.460. The Kier molecular flexibility index (Phi) is 4.38. The molecule has 0 saturated heterocycles. The monoisotopic (exact) mass is 223 g/mol. The average Bonchev–Trinajstić information content (AvgIpc) is 2.27. The zero-order valence-corrected chi connectivity index (χ0v) is 8.88. The van der Waals surface area contributed by atoms with Gasteiger partial charge in [-0.15, -0.1) is 0 Å². The third kappa shape index (κ3) is 4.04. The number of carbonyl (C=O) groups excluding carboxylic acids is 1. The van der Waals surface area contributed by atoms with Gasteiger partial charge >= 0.3 is 5.97 Å². The van der Waals surface area contributed by atoms with Gasteiger partial charge in [0, 0.05) is 24.9 Å². The van der Waals surface area contributed by atoms with E-state index in [9.17, 15) is 9.59 Å². The minimum Gasteiger partial charge on any atom is -0.481 e. The van der Waals surface area contributed by atoms with Crippen LogP contribution in [0.1, 0.15) is 30.1 Å². The summed E-state index contributed by atoms with van der Waals surface area (Å²) in [5, 5.41) is 11.2. The van der Waals surface area contributed by atoms with Crippen LogP contribution in [0.15, 0.2) is 18.7 Å². The molecule has 0 saturated carbocycles. The van der Waals surface area contributed by atoms with Gasteiger partial charge in [0.2, 0.25) is 0 Å². The maximum atomic E-state index is 11.6. The van der Waals surface area contributed by atoms with E-state index in [1.54, 1.807) is 6.92 Å². The quantitative estimate of drug-likeness (QED) is 0.756. The second-order valence-corrected chi connectivity index (χ2v) is 3.43. The molecular formula is C10H13N3O3. The van der Waals surface area contributed by atoms with E-state index >= 15 is 0 Å². The SMILES string of the molecule is CC(CCC(=O)O)NC(=O)c1cncnc1. The van der Waals surface area contributed by atoms with Crippen LogP contribution in [0.3, 0.4) is 0 Å². The number of carbonyl (C=O) groups is 2. The van der Waals surface area contributed by atoms with E-state index in [2.05, 4.69) is 15.3 Å². The molecule has 16 heavy (non-hydrogen) atoms. The summed E-state index contributed by atoms with van der Waals surface area (Å²) in [5.74, 6) is -1.16. The molecule has 1 aromatic heterocycles. The van der Waals surface area contributed by atoms with Crippen molar-refractivity contribution in [3.8, 4) is 0 Å². The molecule has 86 valence electrons. The molecule has 6 nitrogen and oxygen atoms in total. The maximum Gasteiger partial charge on any atom is 0.303 e. The van der Waals surface area contributed by atoms with Crippen molar-refractivity contribution in [3.63, 3.8) is 0 Å². The standard InChI is InChI=1S/C10H13N3O3/c1-7(2-3-9(14)15)13-10(16)8-4-11-6-12-5-8/h4-7H,2-3H2,1H3,(H,13,16)(H,14,15).